The van der Waals surface area contributed by atoms with Crippen molar-refractivity contribution in [3.8, 4) is 0 Å². The van der Waals surface area contributed by atoms with Crippen LogP contribution < -0.4 is 5.32 Å². The number of hydrogen-bond acceptors (Lipinski definition) is 6. The van der Waals surface area contributed by atoms with E-state index in [1.165, 1.54) is 7.11 Å². The Morgan fingerprint density at radius 2 is 2.27 bits per heavy atom. The van der Waals surface area contributed by atoms with E-state index in [4.69, 9.17) is 0 Å². The molecule has 1 amide bonds. The second-order valence-electron chi connectivity index (χ2n) is 3.18. The number of rotatable bonds is 3. The molecule has 1 fully saturated rings. The van der Waals surface area contributed by atoms with Crippen molar-refractivity contribution in [3.05, 3.63) is 5.82 Å². The fourth-order valence-electron chi connectivity index (χ4n) is 1.00. The summed E-state index contributed by atoms with van der Waals surface area (Å²) < 4.78 is 8.21. The molecule has 6 nitrogen and oxygen atoms in total. The molecule has 1 heterocycles. The lowest BCUT2D eigenvalue weighted by molar-refractivity contribution is -0.117. The highest BCUT2D eigenvalue weighted by Crippen LogP contribution is 2.30. The molecule has 1 aromatic heterocycles. The number of methoxy groups -OCH3 is 1. The number of amides is 1. The first-order valence-electron chi connectivity index (χ1n) is 4.43. The maximum Gasteiger partial charge on any atom is 0.377 e. The fourth-order valence-corrected chi connectivity index (χ4v) is 1.56. The first-order chi connectivity index (χ1) is 7.20. The van der Waals surface area contributed by atoms with Gasteiger partial charge < -0.3 is 10.1 Å². The summed E-state index contributed by atoms with van der Waals surface area (Å²) in [6.07, 6.45) is 1.85. The van der Waals surface area contributed by atoms with Crippen molar-refractivity contribution in [2.24, 2.45) is 5.92 Å². The van der Waals surface area contributed by atoms with E-state index in [-0.39, 0.29) is 17.6 Å². The summed E-state index contributed by atoms with van der Waals surface area (Å²) >= 11 is 0.973. The smallest absolute Gasteiger partial charge is 0.377 e. The third kappa shape index (κ3) is 2.30. The van der Waals surface area contributed by atoms with Crippen molar-refractivity contribution in [2.45, 2.75) is 12.8 Å². The van der Waals surface area contributed by atoms with E-state index in [9.17, 15) is 9.59 Å². The minimum atomic E-state index is -0.599. The second kappa shape index (κ2) is 3.93. The standard InChI is InChI=1S/C8H9N3O3S/c1-14-7(13)5-9-8(15-11-5)10-6(12)4-2-3-4/h4H,2-3H2,1H3,(H,9,10,11,12). The number of aromatic nitrogens is 2. The Labute approximate surface area is 89.8 Å². The van der Waals surface area contributed by atoms with E-state index in [0.29, 0.717) is 5.13 Å². The Bertz CT molecular complexity index is 400. The van der Waals surface area contributed by atoms with Gasteiger partial charge >= 0.3 is 5.97 Å². The first-order valence-corrected chi connectivity index (χ1v) is 5.21. The van der Waals surface area contributed by atoms with Gasteiger partial charge in [0, 0.05) is 17.5 Å². The highest BCUT2D eigenvalue weighted by Gasteiger charge is 2.30. The van der Waals surface area contributed by atoms with Crippen LogP contribution in [0.25, 0.3) is 0 Å². The van der Waals surface area contributed by atoms with Gasteiger partial charge in [-0.25, -0.2) is 4.79 Å². The third-order valence-electron chi connectivity index (χ3n) is 1.97. The molecule has 1 N–H and O–H groups in total. The number of hydrogen-bond donors (Lipinski definition) is 1. The average molecular weight is 227 g/mol. The molecule has 0 saturated heterocycles. The van der Waals surface area contributed by atoms with Crippen LogP contribution in [0, 0.1) is 5.92 Å². The zero-order valence-corrected chi connectivity index (χ0v) is 8.84. The van der Waals surface area contributed by atoms with Crippen LogP contribution in [0.5, 0.6) is 0 Å². The largest absolute Gasteiger partial charge is 0.463 e. The van der Waals surface area contributed by atoms with Gasteiger partial charge in [-0.1, -0.05) is 0 Å². The molecule has 0 radical (unpaired) electrons. The molecule has 0 aromatic carbocycles. The van der Waals surface area contributed by atoms with E-state index in [1.807, 2.05) is 0 Å². The number of anilines is 1. The summed E-state index contributed by atoms with van der Waals surface area (Å²) in [5.74, 6) is -0.565. The van der Waals surface area contributed by atoms with Crippen LogP contribution in [0.4, 0.5) is 5.13 Å². The van der Waals surface area contributed by atoms with Gasteiger partial charge in [0.2, 0.25) is 11.0 Å². The van der Waals surface area contributed by atoms with Gasteiger partial charge in [0.05, 0.1) is 7.11 Å². The topological polar surface area (TPSA) is 81.2 Å². The maximum atomic E-state index is 11.3. The van der Waals surface area contributed by atoms with E-state index in [2.05, 4.69) is 19.4 Å². The molecular weight excluding hydrogens is 218 g/mol. The molecule has 1 saturated carbocycles. The monoisotopic (exact) mass is 227 g/mol. The summed E-state index contributed by atoms with van der Waals surface area (Å²) in [6, 6.07) is 0. The molecule has 0 atom stereocenters. The highest BCUT2D eigenvalue weighted by molar-refractivity contribution is 7.10. The van der Waals surface area contributed by atoms with Crippen LogP contribution in [0.2, 0.25) is 0 Å². The van der Waals surface area contributed by atoms with Gasteiger partial charge in [-0.05, 0) is 12.8 Å². The number of nitrogens with zero attached hydrogens (tertiary/aromatic N) is 2. The van der Waals surface area contributed by atoms with E-state index >= 15 is 0 Å². The van der Waals surface area contributed by atoms with Gasteiger partial charge in [0.15, 0.2) is 0 Å². The molecule has 0 unspecified atom stereocenters. The van der Waals surface area contributed by atoms with Gasteiger partial charge in [-0.3, -0.25) is 4.79 Å². The number of esters is 1. The van der Waals surface area contributed by atoms with Crippen LogP contribution in [0.1, 0.15) is 23.5 Å². The third-order valence-corrected chi connectivity index (χ3v) is 2.60. The number of nitrogens with one attached hydrogen (secondary N) is 1. The van der Waals surface area contributed by atoms with Crippen LogP contribution in [0.15, 0.2) is 0 Å². The zero-order valence-electron chi connectivity index (χ0n) is 8.02. The second-order valence-corrected chi connectivity index (χ2v) is 3.93. The molecule has 0 aliphatic heterocycles. The summed E-state index contributed by atoms with van der Waals surface area (Å²) in [5, 5.41) is 2.94. The maximum absolute atomic E-state index is 11.3. The summed E-state index contributed by atoms with van der Waals surface area (Å²) in [6.45, 7) is 0. The van der Waals surface area contributed by atoms with Crippen molar-refractivity contribution >= 4 is 28.5 Å². The van der Waals surface area contributed by atoms with Crippen LogP contribution in [0.3, 0.4) is 0 Å². The lowest BCUT2D eigenvalue weighted by atomic mass is 10.4. The average Bonchev–Trinajstić information content (AvgIpc) is 2.99. The van der Waals surface area contributed by atoms with Gasteiger partial charge in [-0.15, -0.1) is 0 Å². The molecule has 1 aliphatic carbocycles. The van der Waals surface area contributed by atoms with E-state index in [0.717, 1.165) is 24.4 Å². The lowest BCUT2D eigenvalue weighted by Gasteiger charge is -1.96. The lowest BCUT2D eigenvalue weighted by Crippen LogP contribution is -2.13. The minimum absolute atomic E-state index is 0.0198. The molecule has 80 valence electrons. The van der Waals surface area contributed by atoms with Gasteiger partial charge in [-0.2, -0.15) is 9.36 Å². The van der Waals surface area contributed by atoms with E-state index in [1.54, 1.807) is 0 Å². The molecule has 1 aliphatic rings. The number of carbonyl (C=O) groups excluding carboxylic acids is 2. The number of ether oxygens (including phenoxy) is 1. The van der Waals surface area contributed by atoms with Crippen LogP contribution in [-0.4, -0.2) is 28.3 Å². The first kappa shape index (κ1) is 10.0. The molecule has 2 rings (SSSR count). The minimum Gasteiger partial charge on any atom is -0.463 e. The predicted octanol–water partition coefficient (Wildman–Crippen LogP) is 0.673. The SMILES string of the molecule is COC(=O)c1nsc(NC(=O)C2CC2)n1. The Hall–Kier alpha value is -1.50. The molecule has 1 aromatic rings. The molecular formula is C8H9N3O3S. The fraction of sp³-hybridized carbons (Fsp3) is 0.500. The van der Waals surface area contributed by atoms with Crippen molar-refractivity contribution in [2.75, 3.05) is 12.4 Å². The summed E-state index contributed by atoms with van der Waals surface area (Å²) in [4.78, 5) is 26.2. The molecule has 7 heteroatoms. The highest BCUT2D eigenvalue weighted by atomic mass is 32.1. The predicted molar refractivity (Wildman–Crippen MR) is 52.6 cm³/mol. The van der Waals surface area contributed by atoms with Crippen molar-refractivity contribution in [1.29, 1.82) is 0 Å². The van der Waals surface area contributed by atoms with Gasteiger partial charge in [0.1, 0.15) is 0 Å². The van der Waals surface area contributed by atoms with Crippen LogP contribution in [-0.2, 0) is 9.53 Å². The van der Waals surface area contributed by atoms with Crippen LogP contribution >= 0.6 is 11.5 Å². The quantitative estimate of drug-likeness (QED) is 0.768. The Morgan fingerprint density at radius 1 is 1.53 bits per heavy atom. The molecule has 0 bridgehead atoms. The van der Waals surface area contributed by atoms with Gasteiger partial charge in [0.25, 0.3) is 5.82 Å². The van der Waals surface area contributed by atoms with Crippen molar-refractivity contribution < 1.29 is 14.3 Å². The zero-order chi connectivity index (χ0) is 10.8. The molecule has 15 heavy (non-hydrogen) atoms. The Kier molecular flexibility index (Phi) is 2.63. The Morgan fingerprint density at radius 3 is 2.87 bits per heavy atom. The normalized spacial score (nSPS) is 14.7. The van der Waals surface area contributed by atoms with Crippen molar-refractivity contribution in [3.63, 3.8) is 0 Å². The molecule has 0 spiro atoms. The van der Waals surface area contributed by atoms with E-state index < -0.39 is 5.97 Å². The van der Waals surface area contributed by atoms with Crippen molar-refractivity contribution in [1.82, 2.24) is 9.36 Å². The summed E-state index contributed by atoms with van der Waals surface area (Å²) in [5.41, 5.74) is 0. The summed E-state index contributed by atoms with van der Waals surface area (Å²) in [7, 11) is 1.26. The number of carbonyl (C=O) groups is 2. The Balaban J connectivity index is 2.00.